The molecule has 1 rings (SSSR count). The van der Waals surface area contributed by atoms with Crippen molar-refractivity contribution in [3.8, 4) is 0 Å². The average molecular weight is 370 g/mol. The number of amides is 1. The molecule has 9 heteroatoms. The second-order valence-corrected chi connectivity index (χ2v) is 6.21. The Hall–Kier alpha value is -2.29. The SMILES string of the molecule is CCCCCO[C@H](CC)[C@@H]1OC(C(=O)O)=C[C@H](N=C(N)N)[C@H]1NC(C)=O. The van der Waals surface area contributed by atoms with E-state index < -0.39 is 30.3 Å². The van der Waals surface area contributed by atoms with Crippen LogP contribution in [0, 0.1) is 0 Å². The molecule has 6 N–H and O–H groups in total. The highest BCUT2D eigenvalue weighted by Gasteiger charge is 2.42. The fourth-order valence-electron chi connectivity index (χ4n) is 2.86. The van der Waals surface area contributed by atoms with Gasteiger partial charge in [-0.15, -0.1) is 0 Å². The van der Waals surface area contributed by atoms with E-state index in [2.05, 4.69) is 17.2 Å². The minimum Gasteiger partial charge on any atom is -0.478 e. The van der Waals surface area contributed by atoms with Crippen LogP contribution in [-0.4, -0.2) is 53.8 Å². The fourth-order valence-corrected chi connectivity index (χ4v) is 2.86. The molecule has 1 aliphatic rings. The van der Waals surface area contributed by atoms with Crippen molar-refractivity contribution in [2.24, 2.45) is 16.5 Å². The second kappa shape index (κ2) is 10.6. The molecule has 0 aromatic carbocycles. The number of aliphatic carboxylic acids is 1. The molecule has 0 unspecified atom stereocenters. The van der Waals surface area contributed by atoms with E-state index in [1.54, 1.807) is 0 Å². The van der Waals surface area contributed by atoms with Crippen molar-refractivity contribution >= 4 is 17.8 Å². The Morgan fingerprint density at radius 2 is 2.08 bits per heavy atom. The molecule has 0 bridgehead atoms. The third-order valence-electron chi connectivity index (χ3n) is 4.03. The maximum absolute atomic E-state index is 11.7. The Morgan fingerprint density at radius 3 is 2.58 bits per heavy atom. The molecule has 0 aromatic heterocycles. The number of nitrogens with zero attached hydrogens (tertiary/aromatic N) is 1. The Bertz CT molecular complexity index is 545. The Balaban J connectivity index is 3.12. The van der Waals surface area contributed by atoms with Crippen LogP contribution in [0.25, 0.3) is 0 Å². The second-order valence-electron chi connectivity index (χ2n) is 6.21. The number of ether oxygens (including phenoxy) is 2. The maximum Gasteiger partial charge on any atom is 0.370 e. The first kappa shape index (κ1) is 21.8. The van der Waals surface area contributed by atoms with E-state index in [4.69, 9.17) is 20.9 Å². The van der Waals surface area contributed by atoms with Gasteiger partial charge in [0.05, 0.1) is 18.2 Å². The first-order chi connectivity index (χ1) is 12.3. The van der Waals surface area contributed by atoms with Crippen LogP contribution >= 0.6 is 0 Å². The predicted molar refractivity (Wildman–Crippen MR) is 97.4 cm³/mol. The molecule has 0 radical (unpaired) electrons. The number of carboxylic acid groups (broad SMARTS) is 1. The highest BCUT2D eigenvalue weighted by atomic mass is 16.6. The van der Waals surface area contributed by atoms with Crippen LogP contribution in [0.2, 0.25) is 0 Å². The van der Waals surface area contributed by atoms with Crippen molar-refractivity contribution in [1.29, 1.82) is 0 Å². The van der Waals surface area contributed by atoms with Gasteiger partial charge in [-0.3, -0.25) is 4.79 Å². The highest BCUT2D eigenvalue weighted by molar-refractivity contribution is 5.85. The van der Waals surface area contributed by atoms with Gasteiger partial charge < -0.3 is 31.4 Å². The number of hydrogen-bond acceptors (Lipinski definition) is 5. The molecule has 1 heterocycles. The van der Waals surface area contributed by atoms with E-state index in [1.807, 2.05) is 6.92 Å². The lowest BCUT2D eigenvalue weighted by Gasteiger charge is -2.39. The van der Waals surface area contributed by atoms with Gasteiger partial charge in [0.15, 0.2) is 5.96 Å². The van der Waals surface area contributed by atoms with E-state index >= 15 is 0 Å². The standard InChI is InChI=1S/C17H30N4O5/c1-4-6-7-8-25-12(5-2)15-14(20-10(3)22)11(21-17(18)19)9-13(26-15)16(23)24/h9,11-12,14-15H,4-8H2,1-3H3,(H,20,22)(H,23,24)(H4,18,19,21)/t11-,12+,14+,15-/m0/s1. The summed E-state index contributed by atoms with van der Waals surface area (Å²) in [4.78, 5) is 27.2. The maximum atomic E-state index is 11.7. The summed E-state index contributed by atoms with van der Waals surface area (Å²) in [5, 5.41) is 12.1. The van der Waals surface area contributed by atoms with Crippen molar-refractivity contribution in [1.82, 2.24) is 5.32 Å². The van der Waals surface area contributed by atoms with Gasteiger partial charge in [0.2, 0.25) is 11.7 Å². The average Bonchev–Trinajstić information content (AvgIpc) is 2.55. The number of carbonyl (C=O) groups is 2. The molecule has 0 aliphatic carbocycles. The number of nitrogens with one attached hydrogen (secondary N) is 1. The van der Waals surface area contributed by atoms with Crippen LogP contribution in [0.4, 0.5) is 0 Å². The topological polar surface area (TPSA) is 149 Å². The van der Waals surface area contributed by atoms with Crippen molar-refractivity contribution in [3.05, 3.63) is 11.8 Å². The van der Waals surface area contributed by atoms with Gasteiger partial charge in [0, 0.05) is 13.5 Å². The van der Waals surface area contributed by atoms with Gasteiger partial charge in [0.25, 0.3) is 0 Å². The molecule has 0 fully saturated rings. The fraction of sp³-hybridized carbons (Fsp3) is 0.706. The van der Waals surface area contributed by atoms with Crippen molar-refractivity contribution in [2.45, 2.75) is 70.7 Å². The predicted octanol–water partition coefficient (Wildman–Crippen LogP) is 0.486. The van der Waals surface area contributed by atoms with E-state index in [1.165, 1.54) is 13.0 Å². The van der Waals surface area contributed by atoms with Crippen molar-refractivity contribution < 1.29 is 24.2 Å². The van der Waals surface area contributed by atoms with E-state index in [-0.39, 0.29) is 17.6 Å². The summed E-state index contributed by atoms with van der Waals surface area (Å²) in [7, 11) is 0. The molecule has 1 aliphatic heterocycles. The number of carboxylic acids is 1. The number of hydrogen-bond donors (Lipinski definition) is 4. The molecule has 0 saturated carbocycles. The Morgan fingerprint density at radius 1 is 1.38 bits per heavy atom. The number of aliphatic imine (C=N–C) groups is 1. The number of nitrogens with two attached hydrogens (primary N) is 2. The minimum atomic E-state index is -1.23. The third-order valence-corrected chi connectivity index (χ3v) is 4.03. The van der Waals surface area contributed by atoms with Crippen LogP contribution in [0.3, 0.4) is 0 Å². The van der Waals surface area contributed by atoms with Gasteiger partial charge in [0.1, 0.15) is 6.10 Å². The van der Waals surface area contributed by atoms with Gasteiger partial charge in [-0.05, 0) is 18.9 Å². The summed E-state index contributed by atoms with van der Waals surface area (Å²) in [6.07, 6.45) is 3.72. The molecule has 148 valence electrons. The van der Waals surface area contributed by atoms with E-state index in [0.717, 1.165) is 19.3 Å². The van der Waals surface area contributed by atoms with Crippen LogP contribution < -0.4 is 16.8 Å². The van der Waals surface area contributed by atoms with Gasteiger partial charge >= 0.3 is 5.97 Å². The largest absolute Gasteiger partial charge is 0.478 e. The summed E-state index contributed by atoms with van der Waals surface area (Å²) in [6.45, 7) is 5.90. The molecule has 26 heavy (non-hydrogen) atoms. The molecule has 4 atom stereocenters. The van der Waals surface area contributed by atoms with Crippen molar-refractivity contribution in [3.63, 3.8) is 0 Å². The number of unbranched alkanes of at least 4 members (excludes halogenated alkanes) is 2. The lowest BCUT2D eigenvalue weighted by molar-refractivity contribution is -0.143. The van der Waals surface area contributed by atoms with Crippen LogP contribution in [-0.2, 0) is 19.1 Å². The lowest BCUT2D eigenvalue weighted by Crippen LogP contribution is -2.57. The summed E-state index contributed by atoms with van der Waals surface area (Å²) in [6, 6.07) is -1.41. The van der Waals surface area contributed by atoms with Crippen LogP contribution in [0.5, 0.6) is 0 Å². The molecule has 1 amide bonds. The van der Waals surface area contributed by atoms with E-state index in [0.29, 0.717) is 13.0 Å². The first-order valence-corrected chi connectivity index (χ1v) is 8.89. The normalized spacial score (nSPS) is 23.3. The zero-order valence-corrected chi connectivity index (χ0v) is 15.6. The minimum absolute atomic E-state index is 0.205. The smallest absolute Gasteiger partial charge is 0.370 e. The molecular weight excluding hydrogens is 340 g/mol. The molecule has 0 spiro atoms. The van der Waals surface area contributed by atoms with Gasteiger partial charge in [-0.1, -0.05) is 26.7 Å². The van der Waals surface area contributed by atoms with Gasteiger partial charge in [-0.2, -0.15) is 0 Å². The monoisotopic (exact) mass is 370 g/mol. The van der Waals surface area contributed by atoms with E-state index in [9.17, 15) is 14.7 Å². The lowest BCUT2D eigenvalue weighted by atomic mass is 9.93. The van der Waals surface area contributed by atoms with Crippen LogP contribution in [0.15, 0.2) is 16.8 Å². The quantitative estimate of drug-likeness (QED) is 0.248. The van der Waals surface area contributed by atoms with Gasteiger partial charge in [-0.25, -0.2) is 9.79 Å². The molecular formula is C17H30N4O5. The number of carbonyl (C=O) groups excluding carboxylic acids is 1. The zero-order chi connectivity index (χ0) is 19.7. The summed E-state index contributed by atoms with van der Waals surface area (Å²) in [5.41, 5.74) is 10.9. The third kappa shape index (κ3) is 6.55. The van der Waals surface area contributed by atoms with Crippen molar-refractivity contribution in [2.75, 3.05) is 6.61 Å². The molecule has 0 saturated heterocycles. The summed E-state index contributed by atoms with van der Waals surface area (Å²) in [5.74, 6) is -1.99. The van der Waals surface area contributed by atoms with Crippen LogP contribution in [0.1, 0.15) is 46.5 Å². The Kier molecular flexibility index (Phi) is 8.91. The number of guanidine groups is 1. The Labute approximate surface area is 153 Å². The molecule has 0 aromatic rings. The number of rotatable bonds is 10. The highest BCUT2D eigenvalue weighted by Crippen LogP contribution is 2.26. The molecule has 9 nitrogen and oxygen atoms in total. The summed E-state index contributed by atoms with van der Waals surface area (Å²) >= 11 is 0. The summed E-state index contributed by atoms with van der Waals surface area (Å²) < 4.78 is 11.6. The zero-order valence-electron chi connectivity index (χ0n) is 15.6. The first-order valence-electron chi connectivity index (χ1n) is 8.89.